The molecule has 1 heterocycles. The number of phenols is 1. The third-order valence-corrected chi connectivity index (χ3v) is 5.29. The first-order valence-corrected chi connectivity index (χ1v) is 9.04. The Labute approximate surface area is 160 Å². The molecule has 0 spiro atoms. The quantitative estimate of drug-likeness (QED) is 0.606. The zero-order valence-electron chi connectivity index (χ0n) is 13.6. The summed E-state index contributed by atoms with van der Waals surface area (Å²) in [7, 11) is 0. The summed E-state index contributed by atoms with van der Waals surface area (Å²) in [6, 6.07) is 13.3. The smallest absolute Gasteiger partial charge is 0.336 e. The Balaban J connectivity index is 1.76. The Kier molecular flexibility index (Phi) is 5.39. The molecule has 132 valence electrons. The van der Waals surface area contributed by atoms with E-state index in [1.54, 1.807) is 48.5 Å². The number of carbonyl (C=O) groups is 2. The molecule has 2 aromatic rings. The second kappa shape index (κ2) is 7.72. The Hall–Kier alpha value is -2.64. The van der Waals surface area contributed by atoms with Crippen molar-refractivity contribution in [2.75, 3.05) is 6.54 Å². The lowest BCUT2D eigenvalue weighted by atomic mass is 10.1. The van der Waals surface area contributed by atoms with Crippen LogP contribution in [0.2, 0.25) is 0 Å². The highest BCUT2D eigenvalue weighted by molar-refractivity contribution is 8.26. The fourth-order valence-corrected chi connectivity index (χ4v) is 3.85. The number of benzene rings is 2. The van der Waals surface area contributed by atoms with Crippen molar-refractivity contribution in [3.8, 4) is 5.75 Å². The van der Waals surface area contributed by atoms with Gasteiger partial charge in [-0.15, -0.1) is 0 Å². The lowest BCUT2D eigenvalue weighted by molar-refractivity contribution is -0.122. The minimum atomic E-state index is -1.04. The van der Waals surface area contributed by atoms with Crippen LogP contribution in [0.5, 0.6) is 5.75 Å². The Morgan fingerprint density at radius 3 is 2.54 bits per heavy atom. The zero-order valence-corrected chi connectivity index (χ0v) is 15.2. The molecule has 3 rings (SSSR count). The monoisotopic (exact) mass is 385 g/mol. The largest absolute Gasteiger partial charge is 0.508 e. The topological polar surface area (TPSA) is 77.8 Å². The summed E-state index contributed by atoms with van der Waals surface area (Å²) in [5, 5.41) is 18.6. The van der Waals surface area contributed by atoms with Crippen molar-refractivity contribution in [3.05, 3.63) is 70.1 Å². The van der Waals surface area contributed by atoms with Gasteiger partial charge in [0, 0.05) is 6.54 Å². The summed E-state index contributed by atoms with van der Waals surface area (Å²) in [5.41, 5.74) is 1.60. The summed E-state index contributed by atoms with van der Waals surface area (Å²) >= 11 is 6.47. The predicted octanol–water partition coefficient (Wildman–Crippen LogP) is 3.53. The number of nitrogens with zero attached hydrogens (tertiary/aromatic N) is 1. The van der Waals surface area contributed by atoms with E-state index in [1.165, 1.54) is 22.7 Å². The molecular weight excluding hydrogens is 370 g/mol. The second-order valence-electron chi connectivity index (χ2n) is 5.64. The van der Waals surface area contributed by atoms with Gasteiger partial charge in [-0.05, 0) is 41.8 Å². The van der Waals surface area contributed by atoms with Crippen LogP contribution in [-0.4, -0.2) is 37.9 Å². The van der Waals surface area contributed by atoms with Crippen molar-refractivity contribution in [1.82, 2.24) is 4.90 Å². The summed E-state index contributed by atoms with van der Waals surface area (Å²) in [6.07, 6.45) is 2.18. The summed E-state index contributed by atoms with van der Waals surface area (Å²) in [6.45, 7) is 0.424. The average Bonchev–Trinajstić information content (AvgIpc) is 2.88. The first-order valence-electron chi connectivity index (χ1n) is 7.81. The normalized spacial score (nSPS) is 15.7. The van der Waals surface area contributed by atoms with Crippen molar-refractivity contribution in [3.63, 3.8) is 0 Å². The van der Waals surface area contributed by atoms with Gasteiger partial charge >= 0.3 is 5.97 Å². The molecule has 1 fully saturated rings. The Morgan fingerprint density at radius 2 is 1.85 bits per heavy atom. The van der Waals surface area contributed by atoms with Gasteiger partial charge in [-0.3, -0.25) is 9.69 Å². The molecule has 0 atom stereocenters. The van der Waals surface area contributed by atoms with Crippen LogP contribution < -0.4 is 0 Å². The van der Waals surface area contributed by atoms with Crippen LogP contribution in [0.1, 0.15) is 21.5 Å². The highest BCUT2D eigenvalue weighted by atomic mass is 32.2. The number of hydrogen-bond acceptors (Lipinski definition) is 5. The van der Waals surface area contributed by atoms with E-state index in [1.807, 2.05) is 0 Å². The summed E-state index contributed by atoms with van der Waals surface area (Å²) < 4.78 is 0.452. The molecule has 0 bridgehead atoms. The van der Waals surface area contributed by atoms with Crippen molar-refractivity contribution in [1.29, 1.82) is 0 Å². The standard InChI is InChI=1S/C19H15NO4S2/c21-14-7-5-12(6-8-14)9-10-20-17(22)16(26-19(20)25)11-13-3-1-2-4-15(13)18(23)24/h1-8,11,21H,9-10H2,(H,23,24)/b16-11+. The van der Waals surface area contributed by atoms with Gasteiger partial charge < -0.3 is 10.2 Å². The van der Waals surface area contributed by atoms with Gasteiger partial charge in [-0.1, -0.05) is 54.3 Å². The maximum Gasteiger partial charge on any atom is 0.336 e. The van der Waals surface area contributed by atoms with Gasteiger partial charge in [0.25, 0.3) is 5.91 Å². The number of rotatable bonds is 5. The van der Waals surface area contributed by atoms with Crippen LogP contribution in [0.4, 0.5) is 0 Å². The van der Waals surface area contributed by atoms with Gasteiger partial charge in [0.05, 0.1) is 10.5 Å². The van der Waals surface area contributed by atoms with E-state index in [-0.39, 0.29) is 17.2 Å². The van der Waals surface area contributed by atoms with E-state index in [4.69, 9.17) is 12.2 Å². The highest BCUT2D eigenvalue weighted by Gasteiger charge is 2.31. The van der Waals surface area contributed by atoms with Crippen molar-refractivity contribution >= 4 is 46.3 Å². The fourth-order valence-electron chi connectivity index (χ4n) is 2.56. The maximum absolute atomic E-state index is 12.6. The molecule has 0 unspecified atom stereocenters. The number of carboxylic acids is 1. The molecule has 0 radical (unpaired) electrons. The van der Waals surface area contributed by atoms with Crippen LogP contribution >= 0.6 is 24.0 Å². The zero-order chi connectivity index (χ0) is 18.7. The third-order valence-electron chi connectivity index (χ3n) is 3.91. The van der Waals surface area contributed by atoms with Crippen molar-refractivity contribution in [2.45, 2.75) is 6.42 Å². The molecule has 0 aliphatic carbocycles. The predicted molar refractivity (Wildman–Crippen MR) is 105 cm³/mol. The average molecular weight is 385 g/mol. The van der Waals surface area contributed by atoms with Crippen molar-refractivity contribution < 1.29 is 19.8 Å². The summed E-state index contributed by atoms with van der Waals surface area (Å²) in [4.78, 5) is 25.9. The minimum absolute atomic E-state index is 0.141. The van der Waals surface area contributed by atoms with Crippen LogP contribution in [0.25, 0.3) is 6.08 Å². The van der Waals surface area contributed by atoms with Crippen LogP contribution in [0, 0.1) is 0 Å². The van der Waals surface area contributed by atoms with Crippen molar-refractivity contribution in [2.24, 2.45) is 0 Å². The SMILES string of the molecule is O=C(O)c1ccccc1/C=C1/SC(=S)N(CCc2ccc(O)cc2)C1=O. The number of hydrogen-bond donors (Lipinski definition) is 2. The first kappa shape index (κ1) is 18.2. The molecule has 1 aliphatic heterocycles. The van der Waals surface area contributed by atoms with Crippen LogP contribution in [0.3, 0.4) is 0 Å². The molecule has 2 N–H and O–H groups in total. The third kappa shape index (κ3) is 3.95. The fraction of sp³-hybridized carbons (Fsp3) is 0.105. The molecule has 1 amide bonds. The van der Waals surface area contributed by atoms with Gasteiger partial charge in [0.15, 0.2) is 0 Å². The van der Waals surface area contributed by atoms with Gasteiger partial charge in [0.1, 0.15) is 10.1 Å². The molecular formula is C19H15NO4S2. The Morgan fingerprint density at radius 1 is 1.15 bits per heavy atom. The number of aromatic hydroxyl groups is 1. The van der Waals surface area contributed by atoms with E-state index in [0.29, 0.717) is 27.8 Å². The van der Waals surface area contributed by atoms with Crippen LogP contribution in [-0.2, 0) is 11.2 Å². The van der Waals surface area contributed by atoms with Gasteiger partial charge in [0.2, 0.25) is 0 Å². The van der Waals surface area contributed by atoms with E-state index >= 15 is 0 Å². The first-order chi connectivity index (χ1) is 12.5. The second-order valence-corrected chi connectivity index (χ2v) is 7.32. The molecule has 1 aliphatic rings. The number of thiocarbonyl (C=S) groups is 1. The number of carboxylic acid groups (broad SMARTS) is 1. The maximum atomic E-state index is 12.6. The van der Waals surface area contributed by atoms with E-state index in [0.717, 1.165) is 5.56 Å². The Bertz CT molecular complexity index is 906. The van der Waals surface area contributed by atoms with Gasteiger partial charge in [-0.2, -0.15) is 0 Å². The molecule has 0 aromatic heterocycles. The van der Waals surface area contributed by atoms with Gasteiger partial charge in [-0.25, -0.2) is 4.79 Å². The lowest BCUT2D eigenvalue weighted by Crippen LogP contribution is -2.30. The number of thioether (sulfide) groups is 1. The van der Waals surface area contributed by atoms with E-state index in [2.05, 4.69) is 0 Å². The van der Waals surface area contributed by atoms with Crippen LogP contribution in [0.15, 0.2) is 53.4 Å². The molecule has 2 aromatic carbocycles. The number of phenolic OH excluding ortho intramolecular Hbond substituents is 1. The molecule has 5 nitrogen and oxygen atoms in total. The molecule has 1 saturated heterocycles. The molecule has 0 saturated carbocycles. The number of carbonyl (C=O) groups excluding carboxylic acids is 1. The van der Waals surface area contributed by atoms with E-state index in [9.17, 15) is 19.8 Å². The number of aromatic carboxylic acids is 1. The minimum Gasteiger partial charge on any atom is -0.508 e. The molecule has 7 heteroatoms. The highest BCUT2D eigenvalue weighted by Crippen LogP contribution is 2.33. The van der Waals surface area contributed by atoms with E-state index < -0.39 is 5.97 Å². The molecule has 26 heavy (non-hydrogen) atoms. The summed E-state index contributed by atoms with van der Waals surface area (Å²) in [5.74, 6) is -1.07. The number of amides is 1. The lowest BCUT2D eigenvalue weighted by Gasteiger charge is -2.14.